The monoisotopic (exact) mass is 419 g/mol. The van der Waals surface area contributed by atoms with Gasteiger partial charge >= 0.3 is 0 Å². The van der Waals surface area contributed by atoms with E-state index >= 15 is 4.57 Å². The summed E-state index contributed by atoms with van der Waals surface area (Å²) in [5, 5.41) is 9.62. The molecule has 3 aromatic carbocycles. The van der Waals surface area contributed by atoms with Crippen molar-refractivity contribution in [2.24, 2.45) is 0 Å². The van der Waals surface area contributed by atoms with Gasteiger partial charge in [0.1, 0.15) is 5.82 Å². The Balaban J connectivity index is 1.93. The van der Waals surface area contributed by atoms with Crippen LogP contribution in [0, 0.1) is 17.1 Å². The SMILES string of the molecule is N#CCC(c1ccccc1F)P1(=O)N(c2ccccc2)CCCN1c1ccccc1. The molecular weight excluding hydrogens is 396 g/mol. The van der Waals surface area contributed by atoms with Gasteiger partial charge < -0.3 is 9.34 Å². The molecule has 1 heterocycles. The van der Waals surface area contributed by atoms with Crippen LogP contribution in [0.5, 0.6) is 0 Å². The standard InChI is InChI=1S/C24H23FN3OP/c25-23-15-8-7-14-22(23)24(16-17-26)30(29)27(20-10-3-1-4-11-20)18-9-19-28(30)21-12-5-2-6-13-21/h1-8,10-15,24H,9,16,18-19H2. The molecule has 6 heteroatoms. The van der Waals surface area contributed by atoms with Crippen molar-refractivity contribution >= 4 is 18.8 Å². The first kappa shape index (κ1) is 20.2. The summed E-state index contributed by atoms with van der Waals surface area (Å²) in [6, 6.07) is 27.7. The molecule has 1 unspecified atom stereocenters. The van der Waals surface area contributed by atoms with E-state index in [-0.39, 0.29) is 6.42 Å². The van der Waals surface area contributed by atoms with E-state index < -0.39 is 18.9 Å². The topological polar surface area (TPSA) is 47.3 Å². The Labute approximate surface area is 176 Å². The summed E-state index contributed by atoms with van der Waals surface area (Å²) in [7, 11) is -3.45. The molecule has 30 heavy (non-hydrogen) atoms. The highest BCUT2D eigenvalue weighted by Gasteiger charge is 2.48. The number of halogens is 1. The molecule has 0 N–H and O–H groups in total. The lowest BCUT2D eigenvalue weighted by Crippen LogP contribution is -2.41. The van der Waals surface area contributed by atoms with E-state index in [4.69, 9.17) is 0 Å². The highest BCUT2D eigenvalue weighted by atomic mass is 31.2. The van der Waals surface area contributed by atoms with Crippen LogP contribution in [0.25, 0.3) is 0 Å². The zero-order chi connectivity index (χ0) is 21.0. The Kier molecular flexibility index (Phi) is 5.88. The molecule has 1 atom stereocenters. The number of hydrogen-bond acceptors (Lipinski definition) is 2. The van der Waals surface area contributed by atoms with Crippen LogP contribution in [-0.4, -0.2) is 13.1 Å². The lowest BCUT2D eigenvalue weighted by atomic mass is 10.1. The fourth-order valence-corrected chi connectivity index (χ4v) is 7.76. The van der Waals surface area contributed by atoms with Crippen LogP contribution in [0.2, 0.25) is 0 Å². The lowest BCUT2D eigenvalue weighted by Gasteiger charge is -2.48. The second-order valence-electron chi connectivity index (χ2n) is 7.26. The van der Waals surface area contributed by atoms with Crippen LogP contribution in [-0.2, 0) is 4.57 Å². The van der Waals surface area contributed by atoms with Crippen molar-refractivity contribution in [3.63, 3.8) is 0 Å². The van der Waals surface area contributed by atoms with Crippen LogP contribution >= 0.6 is 7.44 Å². The quantitative estimate of drug-likeness (QED) is 0.450. The molecule has 0 bridgehead atoms. The molecule has 4 rings (SSSR count). The van der Waals surface area contributed by atoms with Crippen molar-refractivity contribution < 1.29 is 8.96 Å². The van der Waals surface area contributed by atoms with Gasteiger partial charge in [0.2, 0.25) is 0 Å². The van der Waals surface area contributed by atoms with Crippen LogP contribution in [0.15, 0.2) is 84.9 Å². The number of nitrogens with zero attached hydrogens (tertiary/aromatic N) is 3. The molecule has 152 valence electrons. The van der Waals surface area contributed by atoms with Gasteiger partial charge in [-0.2, -0.15) is 5.26 Å². The molecule has 0 aromatic heterocycles. The molecule has 4 nitrogen and oxygen atoms in total. The summed E-state index contributed by atoms with van der Waals surface area (Å²) in [6.07, 6.45) is 0.773. The summed E-state index contributed by atoms with van der Waals surface area (Å²) in [6.45, 7) is 1.17. The Morgan fingerprint density at radius 1 is 0.867 bits per heavy atom. The maximum Gasteiger partial charge on any atom is 0.271 e. The van der Waals surface area contributed by atoms with Crippen molar-refractivity contribution in [1.29, 1.82) is 5.26 Å². The van der Waals surface area contributed by atoms with Crippen LogP contribution < -0.4 is 9.34 Å². The molecule has 0 radical (unpaired) electrons. The van der Waals surface area contributed by atoms with E-state index in [0.29, 0.717) is 18.7 Å². The number of rotatable bonds is 5. The van der Waals surface area contributed by atoms with Crippen molar-refractivity contribution in [3.8, 4) is 6.07 Å². The highest BCUT2D eigenvalue weighted by Crippen LogP contribution is 2.69. The summed E-state index contributed by atoms with van der Waals surface area (Å²) in [5.41, 5.74) is 1.19. The maximum absolute atomic E-state index is 15.1. The average molecular weight is 419 g/mol. The maximum atomic E-state index is 15.1. The number of nitriles is 1. The molecule has 0 aliphatic carbocycles. The lowest BCUT2D eigenvalue weighted by molar-refractivity contribution is 0.540. The minimum absolute atomic E-state index is 0.0368. The third-order valence-corrected chi connectivity index (χ3v) is 9.01. The van der Waals surface area contributed by atoms with E-state index in [1.165, 1.54) is 6.07 Å². The normalized spacial score (nSPS) is 16.7. The number of benzene rings is 3. The number of hydrogen-bond donors (Lipinski definition) is 0. The molecule has 0 saturated carbocycles. The highest BCUT2D eigenvalue weighted by molar-refractivity contribution is 7.67. The fourth-order valence-electron chi connectivity index (χ4n) is 4.15. The van der Waals surface area contributed by atoms with Crippen molar-refractivity contribution in [3.05, 3.63) is 96.3 Å². The molecule has 0 spiro atoms. The van der Waals surface area contributed by atoms with Gasteiger partial charge in [0.15, 0.2) is 0 Å². The Morgan fingerprint density at radius 2 is 1.37 bits per heavy atom. The summed E-state index contributed by atoms with van der Waals surface area (Å²) in [4.78, 5) is 0. The third kappa shape index (κ3) is 3.60. The van der Waals surface area contributed by atoms with Gasteiger partial charge in [-0.15, -0.1) is 0 Å². The second-order valence-corrected chi connectivity index (χ2v) is 10.0. The first-order valence-electron chi connectivity index (χ1n) is 10.0. The van der Waals surface area contributed by atoms with Gasteiger partial charge in [0.05, 0.1) is 18.1 Å². The van der Waals surface area contributed by atoms with Crippen LogP contribution in [0.1, 0.15) is 24.1 Å². The summed E-state index contributed by atoms with van der Waals surface area (Å²) < 4.78 is 33.8. The van der Waals surface area contributed by atoms with E-state index in [1.54, 1.807) is 18.2 Å². The molecule has 1 aliphatic rings. The van der Waals surface area contributed by atoms with E-state index in [1.807, 2.05) is 70.0 Å². The predicted octanol–water partition coefficient (Wildman–Crippen LogP) is 6.39. The van der Waals surface area contributed by atoms with Gasteiger partial charge in [0, 0.05) is 30.0 Å². The molecule has 3 aromatic rings. The first-order valence-corrected chi connectivity index (χ1v) is 11.7. The Bertz CT molecular complexity index is 1030. The number of anilines is 2. The first-order chi connectivity index (χ1) is 14.7. The Morgan fingerprint density at radius 3 is 1.87 bits per heavy atom. The second kappa shape index (κ2) is 8.73. The van der Waals surface area contributed by atoms with Crippen LogP contribution in [0.3, 0.4) is 0 Å². The minimum Gasteiger partial charge on any atom is -0.306 e. The van der Waals surface area contributed by atoms with E-state index in [2.05, 4.69) is 6.07 Å². The average Bonchev–Trinajstić information content (AvgIpc) is 2.79. The van der Waals surface area contributed by atoms with Gasteiger partial charge in [-0.25, -0.2) is 4.39 Å². The zero-order valence-corrected chi connectivity index (χ0v) is 17.5. The summed E-state index contributed by atoms with van der Waals surface area (Å²) >= 11 is 0. The molecule has 1 saturated heterocycles. The molecule has 0 amide bonds. The zero-order valence-electron chi connectivity index (χ0n) is 16.6. The fraction of sp³-hybridized carbons (Fsp3) is 0.208. The minimum atomic E-state index is -3.45. The van der Waals surface area contributed by atoms with Gasteiger partial charge in [-0.1, -0.05) is 54.6 Å². The number of para-hydroxylation sites is 2. The Hall–Kier alpha value is -3.09. The van der Waals surface area contributed by atoms with Crippen molar-refractivity contribution in [1.82, 2.24) is 0 Å². The molecule has 1 fully saturated rings. The van der Waals surface area contributed by atoms with Crippen molar-refractivity contribution in [2.75, 3.05) is 22.4 Å². The smallest absolute Gasteiger partial charge is 0.271 e. The summed E-state index contributed by atoms with van der Waals surface area (Å²) in [5.74, 6) is -0.431. The van der Waals surface area contributed by atoms with Gasteiger partial charge in [-0.05, 0) is 36.8 Å². The third-order valence-electron chi connectivity index (χ3n) is 5.50. The van der Waals surface area contributed by atoms with Gasteiger partial charge in [-0.3, -0.25) is 4.57 Å². The van der Waals surface area contributed by atoms with E-state index in [0.717, 1.165) is 17.8 Å². The van der Waals surface area contributed by atoms with Crippen molar-refractivity contribution in [2.45, 2.75) is 18.5 Å². The van der Waals surface area contributed by atoms with Gasteiger partial charge in [0.25, 0.3) is 7.44 Å². The van der Waals surface area contributed by atoms with Crippen LogP contribution in [0.4, 0.5) is 15.8 Å². The van der Waals surface area contributed by atoms with E-state index in [9.17, 15) is 9.65 Å². The molecule has 1 aliphatic heterocycles. The predicted molar refractivity (Wildman–Crippen MR) is 119 cm³/mol. The largest absolute Gasteiger partial charge is 0.306 e. The molecular formula is C24H23FN3OP.